The molecular formula is C17H20N2O3S. The van der Waals surface area contributed by atoms with Gasteiger partial charge in [0.25, 0.3) is 11.8 Å². The number of benzene rings is 1. The third kappa shape index (κ3) is 5.50. The lowest BCUT2D eigenvalue weighted by Crippen LogP contribution is -2.25. The molecule has 0 unspecified atom stereocenters. The average molecular weight is 332 g/mol. The first-order chi connectivity index (χ1) is 11.2. The number of thiophene rings is 1. The lowest BCUT2D eigenvalue weighted by molar-refractivity contribution is 0.0943. The molecule has 6 heteroatoms. The van der Waals surface area contributed by atoms with Crippen LogP contribution in [0.15, 0.2) is 41.8 Å². The smallest absolute Gasteiger partial charge is 0.265 e. The normalized spacial score (nSPS) is 10.3. The highest BCUT2D eigenvalue weighted by Crippen LogP contribution is 2.14. The number of rotatable bonds is 8. The third-order valence-electron chi connectivity index (χ3n) is 3.11. The summed E-state index contributed by atoms with van der Waals surface area (Å²) in [7, 11) is 0. The first kappa shape index (κ1) is 17.2. The summed E-state index contributed by atoms with van der Waals surface area (Å²) < 4.78 is 5.21. The molecule has 0 saturated carbocycles. The van der Waals surface area contributed by atoms with Crippen molar-refractivity contribution in [3.05, 3.63) is 52.2 Å². The number of amides is 2. The lowest BCUT2D eigenvalue weighted by Gasteiger charge is -2.07. The largest absolute Gasteiger partial charge is 0.382 e. The Labute approximate surface area is 139 Å². The summed E-state index contributed by atoms with van der Waals surface area (Å²) in [5, 5.41) is 7.49. The quantitative estimate of drug-likeness (QED) is 0.730. The van der Waals surface area contributed by atoms with Crippen molar-refractivity contribution in [2.45, 2.75) is 13.3 Å². The fraction of sp³-hybridized carbons (Fsp3) is 0.294. The molecule has 1 aromatic carbocycles. The molecule has 0 aliphatic heterocycles. The van der Waals surface area contributed by atoms with Gasteiger partial charge in [0.1, 0.15) is 0 Å². The molecule has 0 bridgehead atoms. The minimum Gasteiger partial charge on any atom is -0.382 e. The van der Waals surface area contributed by atoms with Crippen LogP contribution >= 0.6 is 11.3 Å². The Kier molecular flexibility index (Phi) is 6.77. The van der Waals surface area contributed by atoms with Gasteiger partial charge in [-0.05, 0) is 49.1 Å². The van der Waals surface area contributed by atoms with E-state index in [0.29, 0.717) is 35.9 Å². The monoisotopic (exact) mass is 332 g/mol. The van der Waals surface area contributed by atoms with Gasteiger partial charge in [-0.1, -0.05) is 6.07 Å². The van der Waals surface area contributed by atoms with Crippen LogP contribution in [-0.4, -0.2) is 31.6 Å². The molecular weight excluding hydrogens is 312 g/mol. The van der Waals surface area contributed by atoms with Gasteiger partial charge in [0.2, 0.25) is 0 Å². The maximum Gasteiger partial charge on any atom is 0.265 e. The van der Waals surface area contributed by atoms with E-state index in [9.17, 15) is 9.59 Å². The van der Waals surface area contributed by atoms with E-state index in [2.05, 4.69) is 10.6 Å². The van der Waals surface area contributed by atoms with Crippen molar-refractivity contribution in [2.24, 2.45) is 0 Å². The molecule has 0 aliphatic carbocycles. The van der Waals surface area contributed by atoms with Crippen LogP contribution in [0.4, 0.5) is 5.69 Å². The van der Waals surface area contributed by atoms with Gasteiger partial charge < -0.3 is 15.4 Å². The first-order valence-corrected chi connectivity index (χ1v) is 8.39. The van der Waals surface area contributed by atoms with Gasteiger partial charge in [-0.3, -0.25) is 9.59 Å². The van der Waals surface area contributed by atoms with Crippen molar-refractivity contribution in [1.82, 2.24) is 5.32 Å². The molecule has 2 N–H and O–H groups in total. The summed E-state index contributed by atoms with van der Waals surface area (Å²) in [6.07, 6.45) is 0.786. The highest BCUT2D eigenvalue weighted by atomic mass is 32.1. The van der Waals surface area contributed by atoms with Crippen LogP contribution in [-0.2, 0) is 4.74 Å². The molecule has 0 spiro atoms. The molecule has 0 saturated heterocycles. The van der Waals surface area contributed by atoms with E-state index < -0.39 is 0 Å². The van der Waals surface area contributed by atoms with Gasteiger partial charge in [-0.25, -0.2) is 0 Å². The summed E-state index contributed by atoms with van der Waals surface area (Å²) in [5.41, 5.74) is 1.23. The summed E-state index contributed by atoms with van der Waals surface area (Å²) in [6, 6.07) is 10.4. The van der Waals surface area contributed by atoms with Gasteiger partial charge in [-0.15, -0.1) is 11.3 Å². The second kappa shape index (κ2) is 9.07. The number of nitrogens with one attached hydrogen (secondary N) is 2. The van der Waals surface area contributed by atoms with Crippen molar-refractivity contribution < 1.29 is 14.3 Å². The number of ether oxygens (including phenoxy) is 1. The number of hydrogen-bond acceptors (Lipinski definition) is 4. The molecule has 0 radical (unpaired) electrons. The Bertz CT molecular complexity index is 624. The maximum atomic E-state index is 12.0. The van der Waals surface area contributed by atoms with Crippen LogP contribution in [0.2, 0.25) is 0 Å². The molecule has 0 atom stereocenters. The summed E-state index contributed by atoms with van der Waals surface area (Å²) in [5.74, 6) is -0.272. The van der Waals surface area contributed by atoms with E-state index in [-0.39, 0.29) is 11.8 Å². The fourth-order valence-electron chi connectivity index (χ4n) is 1.93. The molecule has 2 rings (SSSR count). The van der Waals surface area contributed by atoms with Crippen molar-refractivity contribution in [2.75, 3.05) is 25.1 Å². The SMILES string of the molecule is CCOCCCNC(=O)c1ccc(NC(=O)c2cccs2)cc1. The van der Waals surface area contributed by atoms with Crippen LogP contribution in [0, 0.1) is 0 Å². The summed E-state index contributed by atoms with van der Waals surface area (Å²) in [4.78, 5) is 24.5. The number of carbonyl (C=O) groups excluding carboxylic acids is 2. The second-order valence-electron chi connectivity index (χ2n) is 4.82. The molecule has 1 aromatic heterocycles. The lowest BCUT2D eigenvalue weighted by atomic mass is 10.2. The maximum absolute atomic E-state index is 12.0. The molecule has 2 amide bonds. The standard InChI is InChI=1S/C17H20N2O3S/c1-2-22-11-4-10-18-16(20)13-6-8-14(9-7-13)19-17(21)15-5-3-12-23-15/h3,5-9,12H,2,4,10-11H2,1H3,(H,18,20)(H,19,21). The Morgan fingerprint density at radius 2 is 1.91 bits per heavy atom. The van der Waals surface area contributed by atoms with Crippen LogP contribution in [0.25, 0.3) is 0 Å². The van der Waals surface area contributed by atoms with E-state index in [1.54, 1.807) is 30.3 Å². The minimum absolute atomic E-state index is 0.127. The van der Waals surface area contributed by atoms with Crippen LogP contribution in [0.3, 0.4) is 0 Å². The predicted molar refractivity (Wildman–Crippen MR) is 92.2 cm³/mol. The second-order valence-corrected chi connectivity index (χ2v) is 5.76. The van der Waals surface area contributed by atoms with E-state index in [0.717, 1.165) is 6.42 Å². The summed E-state index contributed by atoms with van der Waals surface area (Å²) >= 11 is 1.39. The van der Waals surface area contributed by atoms with Gasteiger partial charge in [0.05, 0.1) is 4.88 Å². The number of hydrogen-bond donors (Lipinski definition) is 2. The molecule has 122 valence electrons. The highest BCUT2D eigenvalue weighted by Gasteiger charge is 2.08. The highest BCUT2D eigenvalue weighted by molar-refractivity contribution is 7.12. The van der Waals surface area contributed by atoms with Crippen LogP contribution in [0.5, 0.6) is 0 Å². The Morgan fingerprint density at radius 1 is 1.13 bits per heavy atom. The van der Waals surface area contributed by atoms with E-state index in [1.165, 1.54) is 11.3 Å². The van der Waals surface area contributed by atoms with E-state index >= 15 is 0 Å². The van der Waals surface area contributed by atoms with Crippen LogP contribution < -0.4 is 10.6 Å². The minimum atomic E-state index is -0.145. The Hall–Kier alpha value is -2.18. The molecule has 0 aliphatic rings. The Morgan fingerprint density at radius 3 is 2.57 bits per heavy atom. The molecule has 23 heavy (non-hydrogen) atoms. The molecule has 5 nitrogen and oxygen atoms in total. The third-order valence-corrected chi connectivity index (χ3v) is 3.97. The zero-order chi connectivity index (χ0) is 16.5. The van der Waals surface area contributed by atoms with Crippen LogP contribution in [0.1, 0.15) is 33.4 Å². The Balaban J connectivity index is 1.81. The molecule has 0 fully saturated rings. The van der Waals surface area contributed by atoms with E-state index in [4.69, 9.17) is 4.74 Å². The van der Waals surface area contributed by atoms with Crippen molar-refractivity contribution in [3.8, 4) is 0 Å². The van der Waals surface area contributed by atoms with Gasteiger partial charge in [0, 0.05) is 31.0 Å². The first-order valence-electron chi connectivity index (χ1n) is 7.51. The predicted octanol–water partition coefficient (Wildman–Crippen LogP) is 3.16. The average Bonchev–Trinajstić information content (AvgIpc) is 3.10. The van der Waals surface area contributed by atoms with Crippen molar-refractivity contribution >= 4 is 28.8 Å². The molecule has 2 aromatic rings. The summed E-state index contributed by atoms with van der Waals surface area (Å²) in [6.45, 7) is 3.85. The fourth-order valence-corrected chi connectivity index (χ4v) is 2.55. The van der Waals surface area contributed by atoms with Gasteiger partial charge >= 0.3 is 0 Å². The zero-order valence-corrected chi connectivity index (χ0v) is 13.8. The van der Waals surface area contributed by atoms with Gasteiger partial charge in [0.15, 0.2) is 0 Å². The van der Waals surface area contributed by atoms with Crippen molar-refractivity contribution in [3.63, 3.8) is 0 Å². The van der Waals surface area contributed by atoms with Crippen molar-refractivity contribution in [1.29, 1.82) is 0 Å². The topological polar surface area (TPSA) is 67.4 Å². The molecule has 1 heterocycles. The van der Waals surface area contributed by atoms with Gasteiger partial charge in [-0.2, -0.15) is 0 Å². The number of anilines is 1. The van der Waals surface area contributed by atoms with E-state index in [1.807, 2.05) is 18.4 Å². The number of carbonyl (C=O) groups is 2. The zero-order valence-electron chi connectivity index (χ0n) is 13.0.